The molecule has 3 unspecified atom stereocenters. The molecule has 1 amide bonds. The first kappa shape index (κ1) is 16.5. The van der Waals surface area contributed by atoms with E-state index in [4.69, 9.17) is 0 Å². The van der Waals surface area contributed by atoms with Crippen molar-refractivity contribution in [2.75, 3.05) is 18.5 Å². The number of hydrogen-bond donors (Lipinski definition) is 2. The number of hydrogen-bond acceptors (Lipinski definition) is 2. The fourth-order valence-electron chi connectivity index (χ4n) is 2.54. The van der Waals surface area contributed by atoms with Crippen molar-refractivity contribution in [2.24, 2.45) is 0 Å². The van der Waals surface area contributed by atoms with Crippen molar-refractivity contribution in [1.29, 1.82) is 0 Å². The standard InChI is InChI=1S/C16H19F3N2O/c1-2-16(22)21-12-4-3-10-5-13(7-11(10)6-12)20-9-15(19)14(18)8-17/h2-4,6,13-15,20H,1,5,7-9H2,(H,21,22). The van der Waals surface area contributed by atoms with Gasteiger partial charge in [0.2, 0.25) is 5.91 Å². The molecule has 0 heterocycles. The van der Waals surface area contributed by atoms with Crippen molar-refractivity contribution < 1.29 is 18.0 Å². The number of carbonyl (C=O) groups excluding carboxylic acids is 1. The topological polar surface area (TPSA) is 41.1 Å². The van der Waals surface area contributed by atoms with E-state index in [1.807, 2.05) is 12.1 Å². The molecule has 2 N–H and O–H groups in total. The van der Waals surface area contributed by atoms with Crippen molar-refractivity contribution in [3.05, 3.63) is 42.0 Å². The molecule has 2 rings (SSSR count). The van der Waals surface area contributed by atoms with E-state index >= 15 is 0 Å². The number of rotatable bonds is 7. The summed E-state index contributed by atoms with van der Waals surface area (Å²) in [7, 11) is 0. The van der Waals surface area contributed by atoms with Crippen LogP contribution in [0, 0.1) is 0 Å². The second kappa shape index (κ2) is 7.45. The highest BCUT2D eigenvalue weighted by molar-refractivity contribution is 5.98. The van der Waals surface area contributed by atoms with Crippen LogP contribution in [0.1, 0.15) is 11.1 Å². The van der Waals surface area contributed by atoms with E-state index in [-0.39, 0.29) is 18.5 Å². The lowest BCUT2D eigenvalue weighted by Crippen LogP contribution is -2.38. The maximum atomic E-state index is 13.3. The van der Waals surface area contributed by atoms with Crippen molar-refractivity contribution in [3.63, 3.8) is 0 Å². The first-order chi connectivity index (χ1) is 10.5. The van der Waals surface area contributed by atoms with Gasteiger partial charge in [0, 0.05) is 18.3 Å². The molecule has 1 aromatic rings. The minimum Gasteiger partial charge on any atom is -0.323 e. The molecule has 0 aliphatic heterocycles. The summed E-state index contributed by atoms with van der Waals surface area (Å²) >= 11 is 0. The molecule has 0 saturated heterocycles. The maximum absolute atomic E-state index is 13.3. The largest absolute Gasteiger partial charge is 0.323 e. The Labute approximate surface area is 127 Å². The molecule has 3 atom stereocenters. The van der Waals surface area contributed by atoms with E-state index in [0.29, 0.717) is 18.5 Å². The van der Waals surface area contributed by atoms with Gasteiger partial charge in [-0.05, 0) is 42.2 Å². The Morgan fingerprint density at radius 2 is 2.05 bits per heavy atom. The van der Waals surface area contributed by atoms with Gasteiger partial charge < -0.3 is 10.6 Å². The Kier molecular flexibility index (Phi) is 5.60. The molecule has 0 aromatic heterocycles. The van der Waals surface area contributed by atoms with E-state index < -0.39 is 19.0 Å². The zero-order chi connectivity index (χ0) is 16.1. The summed E-state index contributed by atoms with van der Waals surface area (Å²) in [5.74, 6) is -0.284. The summed E-state index contributed by atoms with van der Waals surface area (Å²) in [6, 6.07) is 5.55. The highest BCUT2D eigenvalue weighted by atomic mass is 19.2. The van der Waals surface area contributed by atoms with Crippen LogP contribution in [0.15, 0.2) is 30.9 Å². The van der Waals surface area contributed by atoms with Crippen molar-refractivity contribution in [3.8, 4) is 0 Å². The molecular formula is C16H19F3N2O. The van der Waals surface area contributed by atoms with Gasteiger partial charge in [-0.3, -0.25) is 4.79 Å². The number of amides is 1. The zero-order valence-corrected chi connectivity index (χ0v) is 12.1. The van der Waals surface area contributed by atoms with Crippen LogP contribution in [-0.4, -0.2) is 37.5 Å². The Bertz CT molecular complexity index is 550. The summed E-state index contributed by atoms with van der Waals surface area (Å²) < 4.78 is 38.2. The third-order valence-corrected chi connectivity index (χ3v) is 3.73. The van der Waals surface area contributed by atoms with Crippen molar-refractivity contribution in [1.82, 2.24) is 5.32 Å². The smallest absolute Gasteiger partial charge is 0.247 e. The molecule has 0 radical (unpaired) electrons. The Hall–Kier alpha value is -1.82. The van der Waals surface area contributed by atoms with Crippen LogP contribution in [0.4, 0.5) is 18.9 Å². The predicted octanol–water partition coefficient (Wildman–Crippen LogP) is 2.51. The summed E-state index contributed by atoms with van der Waals surface area (Å²) in [4.78, 5) is 11.3. The van der Waals surface area contributed by atoms with E-state index in [2.05, 4.69) is 17.2 Å². The second-order valence-electron chi connectivity index (χ2n) is 5.38. The molecule has 6 heteroatoms. The SMILES string of the molecule is C=CC(=O)Nc1ccc2c(c1)CC(NCC(F)C(F)CF)C2. The molecule has 0 bridgehead atoms. The van der Waals surface area contributed by atoms with Gasteiger partial charge in [0.05, 0.1) is 0 Å². The fourth-order valence-corrected chi connectivity index (χ4v) is 2.54. The van der Waals surface area contributed by atoms with Crippen molar-refractivity contribution in [2.45, 2.75) is 31.2 Å². The van der Waals surface area contributed by atoms with Crippen molar-refractivity contribution >= 4 is 11.6 Å². The fraction of sp³-hybridized carbons (Fsp3) is 0.438. The van der Waals surface area contributed by atoms with Gasteiger partial charge in [-0.25, -0.2) is 13.2 Å². The lowest BCUT2D eigenvalue weighted by molar-refractivity contribution is -0.111. The number of fused-ring (bicyclic) bond motifs is 1. The summed E-state index contributed by atoms with van der Waals surface area (Å²) in [5.41, 5.74) is 2.83. The number of halogens is 3. The Balaban J connectivity index is 1.90. The molecule has 120 valence electrons. The molecule has 0 spiro atoms. The number of nitrogens with one attached hydrogen (secondary N) is 2. The number of anilines is 1. The maximum Gasteiger partial charge on any atom is 0.247 e. The number of carbonyl (C=O) groups is 1. The highest BCUT2D eigenvalue weighted by Crippen LogP contribution is 2.25. The third kappa shape index (κ3) is 4.10. The molecule has 3 nitrogen and oxygen atoms in total. The molecule has 1 aliphatic rings. The molecule has 22 heavy (non-hydrogen) atoms. The van der Waals surface area contributed by atoms with E-state index in [1.54, 1.807) is 6.07 Å². The van der Waals surface area contributed by atoms with Crippen LogP contribution in [0.5, 0.6) is 0 Å². The molecule has 1 aromatic carbocycles. The molecule has 0 saturated carbocycles. The van der Waals surface area contributed by atoms with E-state index in [9.17, 15) is 18.0 Å². The average Bonchev–Trinajstić information content (AvgIpc) is 2.93. The monoisotopic (exact) mass is 312 g/mol. The van der Waals surface area contributed by atoms with Gasteiger partial charge in [-0.15, -0.1) is 0 Å². The Morgan fingerprint density at radius 3 is 2.73 bits per heavy atom. The van der Waals surface area contributed by atoms with Gasteiger partial charge >= 0.3 is 0 Å². The van der Waals surface area contributed by atoms with Gasteiger partial charge in [-0.2, -0.15) is 0 Å². The highest BCUT2D eigenvalue weighted by Gasteiger charge is 2.25. The zero-order valence-electron chi connectivity index (χ0n) is 12.1. The normalized spacial score (nSPS) is 19.3. The summed E-state index contributed by atoms with van der Waals surface area (Å²) in [5, 5.41) is 5.61. The number of benzene rings is 1. The Morgan fingerprint density at radius 1 is 1.32 bits per heavy atom. The van der Waals surface area contributed by atoms with Gasteiger partial charge in [0.25, 0.3) is 0 Å². The van der Waals surface area contributed by atoms with Crippen LogP contribution in [0.3, 0.4) is 0 Å². The minimum absolute atomic E-state index is 0.00887. The summed E-state index contributed by atoms with van der Waals surface area (Å²) in [6.07, 6.45) is -1.36. The van der Waals surface area contributed by atoms with Gasteiger partial charge in [-0.1, -0.05) is 12.6 Å². The third-order valence-electron chi connectivity index (χ3n) is 3.73. The average molecular weight is 312 g/mol. The van der Waals surface area contributed by atoms with E-state index in [1.165, 1.54) is 6.08 Å². The summed E-state index contributed by atoms with van der Waals surface area (Å²) in [6.45, 7) is 1.88. The second-order valence-corrected chi connectivity index (χ2v) is 5.38. The van der Waals surface area contributed by atoms with Crippen LogP contribution >= 0.6 is 0 Å². The van der Waals surface area contributed by atoms with Crippen LogP contribution < -0.4 is 10.6 Å². The van der Waals surface area contributed by atoms with Crippen LogP contribution in [0.2, 0.25) is 0 Å². The van der Waals surface area contributed by atoms with Crippen LogP contribution in [-0.2, 0) is 17.6 Å². The van der Waals surface area contributed by atoms with E-state index in [0.717, 1.165) is 11.1 Å². The van der Waals surface area contributed by atoms with Crippen LogP contribution in [0.25, 0.3) is 0 Å². The van der Waals surface area contributed by atoms with Gasteiger partial charge in [0.15, 0.2) is 6.17 Å². The molecular weight excluding hydrogens is 293 g/mol. The quantitative estimate of drug-likeness (QED) is 0.760. The molecule has 0 fully saturated rings. The van der Waals surface area contributed by atoms with Gasteiger partial charge in [0.1, 0.15) is 12.8 Å². The minimum atomic E-state index is -2.07. The lowest BCUT2D eigenvalue weighted by atomic mass is 10.1. The number of alkyl halides is 3. The first-order valence-corrected chi connectivity index (χ1v) is 7.16. The lowest BCUT2D eigenvalue weighted by Gasteiger charge is -2.15. The first-order valence-electron chi connectivity index (χ1n) is 7.16. The predicted molar refractivity (Wildman–Crippen MR) is 80.2 cm³/mol. The molecule has 1 aliphatic carbocycles.